The highest BCUT2D eigenvalue weighted by atomic mass is 19.1. The third-order valence-corrected chi connectivity index (χ3v) is 5.09. The van der Waals surface area contributed by atoms with E-state index >= 15 is 0 Å². The van der Waals surface area contributed by atoms with E-state index in [-0.39, 0.29) is 6.67 Å². The van der Waals surface area contributed by atoms with E-state index in [2.05, 4.69) is 37.7 Å². The fraction of sp³-hybridized carbons (Fsp3) is 0.364. The van der Waals surface area contributed by atoms with Crippen molar-refractivity contribution in [1.82, 2.24) is 14.8 Å². The number of alkyl halides is 1. The Morgan fingerprint density at radius 1 is 1.24 bits per heavy atom. The minimum absolute atomic E-state index is 0.280. The summed E-state index contributed by atoms with van der Waals surface area (Å²) in [4.78, 5) is 13.0. The van der Waals surface area contributed by atoms with Gasteiger partial charge in [-0.05, 0) is 23.1 Å². The topological polar surface area (TPSA) is 69.8 Å². The summed E-state index contributed by atoms with van der Waals surface area (Å²) in [5.41, 5.74) is 8.50. The number of hydrogen-bond acceptors (Lipinski definition) is 6. The Labute approximate surface area is 171 Å². The molecular formula is C22H29FN6. The zero-order valence-electron chi connectivity index (χ0n) is 16.9. The van der Waals surface area contributed by atoms with E-state index in [0.717, 1.165) is 66.1 Å². The van der Waals surface area contributed by atoms with Crippen LogP contribution in [0.2, 0.25) is 0 Å². The number of nitrogens with two attached hydrogens (primary N) is 1. The van der Waals surface area contributed by atoms with Gasteiger partial charge in [-0.25, -0.2) is 9.37 Å². The van der Waals surface area contributed by atoms with Crippen molar-refractivity contribution in [3.05, 3.63) is 54.5 Å². The smallest absolute Gasteiger partial charge is 0.130 e. The first kappa shape index (κ1) is 21.0. The second-order valence-electron chi connectivity index (χ2n) is 7.18. The molecule has 1 aliphatic heterocycles. The van der Waals surface area contributed by atoms with Crippen LogP contribution in [0.5, 0.6) is 0 Å². The summed E-state index contributed by atoms with van der Waals surface area (Å²) in [7, 11) is 1.73. The number of halogens is 1. The lowest BCUT2D eigenvalue weighted by atomic mass is 10.0. The predicted molar refractivity (Wildman–Crippen MR) is 120 cm³/mol. The third-order valence-electron chi connectivity index (χ3n) is 5.09. The second kappa shape index (κ2) is 10.1. The molecule has 154 valence electrons. The van der Waals surface area contributed by atoms with Crippen molar-refractivity contribution < 1.29 is 4.39 Å². The lowest BCUT2D eigenvalue weighted by molar-refractivity contribution is 0.134. The number of fused-ring (bicyclic) bond motifs is 1. The number of allylic oxidation sites excluding steroid dienone is 1. The molecule has 1 aromatic carbocycles. The van der Waals surface area contributed by atoms with Crippen LogP contribution in [-0.4, -0.2) is 74.0 Å². The van der Waals surface area contributed by atoms with Gasteiger partial charge in [-0.15, -0.1) is 0 Å². The molecule has 0 radical (unpaired) electrons. The van der Waals surface area contributed by atoms with Gasteiger partial charge < -0.3 is 11.1 Å². The molecule has 3 N–H and O–H groups in total. The molecular weight excluding hydrogens is 367 g/mol. The standard InChI is InChI=1S/C22H29FN6/c1-17(16-29-9-7-28(6-5-23)8-10-29)27-22-12-20-11-18(21(13-24)14-25-2)3-4-19(20)15-26-22/h3-4,11-15H,1,5-10,16,24H2,2H3,(H,26,27). The van der Waals surface area contributed by atoms with E-state index in [0.29, 0.717) is 6.54 Å². The van der Waals surface area contributed by atoms with Gasteiger partial charge in [0, 0.05) is 81.6 Å². The number of pyridine rings is 1. The van der Waals surface area contributed by atoms with E-state index in [9.17, 15) is 4.39 Å². The zero-order valence-corrected chi connectivity index (χ0v) is 16.9. The van der Waals surface area contributed by atoms with Gasteiger partial charge in [-0.2, -0.15) is 0 Å². The number of piperazine rings is 1. The highest BCUT2D eigenvalue weighted by molar-refractivity contribution is 6.10. The summed E-state index contributed by atoms with van der Waals surface area (Å²) in [5.74, 6) is 0.762. The Kier molecular flexibility index (Phi) is 7.32. The van der Waals surface area contributed by atoms with Crippen LogP contribution >= 0.6 is 0 Å². The van der Waals surface area contributed by atoms with Gasteiger partial charge in [0.2, 0.25) is 0 Å². The maximum atomic E-state index is 12.5. The highest BCUT2D eigenvalue weighted by Crippen LogP contribution is 2.22. The number of hydrogen-bond donors (Lipinski definition) is 2. The number of anilines is 1. The van der Waals surface area contributed by atoms with Crippen LogP contribution in [-0.2, 0) is 0 Å². The Hall–Kier alpha value is -2.77. The Morgan fingerprint density at radius 2 is 2.00 bits per heavy atom. The van der Waals surface area contributed by atoms with Crippen molar-refractivity contribution in [3.8, 4) is 0 Å². The first-order valence-electron chi connectivity index (χ1n) is 9.82. The lowest BCUT2D eigenvalue weighted by Gasteiger charge is -2.34. The molecule has 29 heavy (non-hydrogen) atoms. The minimum atomic E-state index is -0.280. The SMILES string of the molecule is C=C(CN1CCN(CCF)CC1)Nc1cc2cc(C(C=NC)=CN)ccc2cn1. The maximum Gasteiger partial charge on any atom is 0.130 e. The predicted octanol–water partition coefficient (Wildman–Crippen LogP) is 2.75. The Bertz CT molecular complexity index is 899. The van der Waals surface area contributed by atoms with Gasteiger partial charge >= 0.3 is 0 Å². The highest BCUT2D eigenvalue weighted by Gasteiger charge is 2.17. The third kappa shape index (κ3) is 5.62. The van der Waals surface area contributed by atoms with Crippen LogP contribution in [0.1, 0.15) is 5.56 Å². The van der Waals surface area contributed by atoms with Crippen molar-refractivity contribution in [2.24, 2.45) is 10.7 Å². The van der Waals surface area contributed by atoms with E-state index in [1.165, 1.54) is 0 Å². The van der Waals surface area contributed by atoms with Gasteiger partial charge in [0.25, 0.3) is 0 Å². The van der Waals surface area contributed by atoms with Crippen LogP contribution < -0.4 is 11.1 Å². The fourth-order valence-electron chi connectivity index (χ4n) is 3.52. The van der Waals surface area contributed by atoms with E-state index in [4.69, 9.17) is 5.73 Å². The van der Waals surface area contributed by atoms with Crippen LogP contribution in [0.25, 0.3) is 16.3 Å². The van der Waals surface area contributed by atoms with Gasteiger partial charge in [0.05, 0.1) is 0 Å². The van der Waals surface area contributed by atoms with Crippen molar-refractivity contribution >= 4 is 28.4 Å². The normalized spacial score (nSPS) is 16.6. The van der Waals surface area contributed by atoms with Crippen LogP contribution in [0.4, 0.5) is 10.2 Å². The number of nitrogens with one attached hydrogen (secondary N) is 1. The van der Waals surface area contributed by atoms with Crippen molar-refractivity contribution in [1.29, 1.82) is 0 Å². The molecule has 6 nitrogen and oxygen atoms in total. The molecule has 0 bridgehead atoms. The van der Waals surface area contributed by atoms with Crippen LogP contribution in [0.3, 0.4) is 0 Å². The molecule has 1 aliphatic rings. The molecule has 2 heterocycles. The second-order valence-corrected chi connectivity index (χ2v) is 7.18. The van der Waals surface area contributed by atoms with Crippen LogP contribution in [0.15, 0.2) is 53.9 Å². The van der Waals surface area contributed by atoms with Crippen molar-refractivity contribution in [2.75, 3.05) is 58.3 Å². The summed E-state index contributed by atoms with van der Waals surface area (Å²) in [6, 6.07) is 8.13. The Morgan fingerprint density at radius 3 is 2.69 bits per heavy atom. The summed E-state index contributed by atoms with van der Waals surface area (Å²) in [5, 5.41) is 5.44. The van der Waals surface area contributed by atoms with E-state index in [1.807, 2.05) is 24.4 Å². The lowest BCUT2D eigenvalue weighted by Crippen LogP contribution is -2.47. The van der Waals surface area contributed by atoms with Crippen LogP contribution in [0, 0.1) is 0 Å². The number of nitrogens with zero attached hydrogens (tertiary/aromatic N) is 4. The minimum Gasteiger partial charge on any atom is -0.404 e. The summed E-state index contributed by atoms with van der Waals surface area (Å²) >= 11 is 0. The molecule has 1 saturated heterocycles. The van der Waals surface area contributed by atoms with Crippen molar-refractivity contribution in [3.63, 3.8) is 0 Å². The molecule has 0 aliphatic carbocycles. The number of benzene rings is 1. The molecule has 7 heteroatoms. The van der Waals surface area contributed by atoms with E-state index < -0.39 is 0 Å². The maximum absolute atomic E-state index is 12.5. The molecule has 3 rings (SSSR count). The first-order chi connectivity index (χ1) is 14.1. The number of aliphatic imine (C=N–C) groups is 1. The monoisotopic (exact) mass is 396 g/mol. The van der Waals surface area contributed by atoms with Gasteiger partial charge in [-0.1, -0.05) is 18.7 Å². The molecule has 2 aromatic rings. The first-order valence-corrected chi connectivity index (χ1v) is 9.82. The van der Waals surface area contributed by atoms with E-state index in [1.54, 1.807) is 19.5 Å². The fourth-order valence-corrected chi connectivity index (χ4v) is 3.52. The molecule has 1 aromatic heterocycles. The van der Waals surface area contributed by atoms with Gasteiger partial charge in [0.1, 0.15) is 12.5 Å². The zero-order chi connectivity index (χ0) is 20.6. The quantitative estimate of drug-likeness (QED) is 0.672. The number of aromatic nitrogens is 1. The molecule has 0 unspecified atom stereocenters. The molecule has 0 atom stereocenters. The summed E-state index contributed by atoms with van der Waals surface area (Å²) in [6.07, 6.45) is 5.16. The summed E-state index contributed by atoms with van der Waals surface area (Å²) < 4.78 is 12.5. The van der Waals surface area contributed by atoms with Gasteiger partial charge in [0.15, 0.2) is 0 Å². The molecule has 0 amide bonds. The number of rotatable bonds is 8. The molecule has 1 fully saturated rings. The molecule has 0 spiro atoms. The largest absolute Gasteiger partial charge is 0.404 e. The van der Waals surface area contributed by atoms with Gasteiger partial charge in [-0.3, -0.25) is 14.8 Å². The Balaban J connectivity index is 1.64. The molecule has 0 saturated carbocycles. The average Bonchev–Trinajstić information content (AvgIpc) is 2.73. The average molecular weight is 397 g/mol. The van der Waals surface area contributed by atoms with Crippen molar-refractivity contribution in [2.45, 2.75) is 0 Å². The summed E-state index contributed by atoms with van der Waals surface area (Å²) in [6.45, 7) is 8.78.